The van der Waals surface area contributed by atoms with Crippen LogP contribution in [0.4, 0.5) is 5.69 Å². The fourth-order valence-electron chi connectivity index (χ4n) is 4.86. The van der Waals surface area contributed by atoms with Crippen molar-refractivity contribution in [3.05, 3.63) is 71.4 Å². The van der Waals surface area contributed by atoms with Gasteiger partial charge in [-0.15, -0.1) is 0 Å². The van der Waals surface area contributed by atoms with Crippen LogP contribution in [0.3, 0.4) is 0 Å². The van der Waals surface area contributed by atoms with Gasteiger partial charge in [-0.1, -0.05) is 35.9 Å². The summed E-state index contributed by atoms with van der Waals surface area (Å²) in [6, 6.07) is 17.0. The average molecular weight is 386 g/mol. The third-order valence-corrected chi connectivity index (χ3v) is 6.43. The first kappa shape index (κ1) is 18.2. The number of nitrogens with zero attached hydrogens (tertiary/aromatic N) is 3. The van der Waals surface area contributed by atoms with Crippen LogP contribution in [-0.2, 0) is 17.8 Å². The molecule has 0 aliphatic carbocycles. The molecule has 0 saturated carbocycles. The quantitative estimate of drug-likeness (QED) is 0.658. The van der Waals surface area contributed by atoms with E-state index in [-0.39, 0.29) is 5.92 Å². The lowest BCUT2D eigenvalue weighted by Gasteiger charge is -2.38. The zero-order chi connectivity index (χ0) is 19.8. The van der Waals surface area contributed by atoms with Crippen molar-refractivity contribution < 1.29 is 4.79 Å². The first-order chi connectivity index (χ1) is 14.2. The number of anilines is 1. The van der Waals surface area contributed by atoms with Gasteiger partial charge in [0.25, 0.3) is 0 Å². The summed E-state index contributed by atoms with van der Waals surface area (Å²) in [6.45, 7) is 5.50. The summed E-state index contributed by atoms with van der Waals surface area (Å²) in [5.41, 5.74) is 6.16. The Balaban J connectivity index is 1.36. The van der Waals surface area contributed by atoms with Crippen molar-refractivity contribution in [2.24, 2.45) is 5.92 Å². The fraction of sp³-hybridized carbons (Fsp3) is 0.360. The van der Waals surface area contributed by atoms with E-state index in [2.05, 4.69) is 70.2 Å². The van der Waals surface area contributed by atoms with E-state index in [4.69, 9.17) is 0 Å². The van der Waals surface area contributed by atoms with Crippen LogP contribution in [0.15, 0.2) is 54.7 Å². The topological polar surface area (TPSA) is 36.4 Å². The Morgan fingerprint density at radius 3 is 2.83 bits per heavy atom. The maximum atomic E-state index is 13.3. The normalized spacial score (nSPS) is 19.3. The molecular weight excluding hydrogens is 358 g/mol. The maximum absolute atomic E-state index is 13.3. The zero-order valence-electron chi connectivity index (χ0n) is 17.0. The minimum atomic E-state index is 0.0713. The minimum absolute atomic E-state index is 0.0713. The third-order valence-electron chi connectivity index (χ3n) is 6.43. The van der Waals surface area contributed by atoms with Gasteiger partial charge in [0.15, 0.2) is 0 Å². The van der Waals surface area contributed by atoms with E-state index in [1.807, 2.05) is 6.20 Å². The van der Waals surface area contributed by atoms with Crippen LogP contribution < -0.4 is 4.90 Å². The molecule has 5 rings (SSSR count). The Morgan fingerprint density at radius 1 is 1.07 bits per heavy atom. The molecule has 3 aromatic rings. The number of aromatic nitrogens is 1. The van der Waals surface area contributed by atoms with Gasteiger partial charge in [0, 0.05) is 43.4 Å². The smallest absolute Gasteiger partial charge is 0.227 e. The number of rotatable bonds is 2. The van der Waals surface area contributed by atoms with Crippen molar-refractivity contribution in [3.8, 4) is 0 Å². The molecular formula is C25H27N3O. The second-order valence-electron chi connectivity index (χ2n) is 8.41. The van der Waals surface area contributed by atoms with E-state index in [0.29, 0.717) is 5.91 Å². The van der Waals surface area contributed by atoms with Crippen molar-refractivity contribution in [2.75, 3.05) is 24.5 Å². The number of piperidine rings is 1. The molecule has 1 atom stereocenters. The Labute approximate surface area is 172 Å². The number of carbonyl (C=O) groups excluding carboxylic acids is 1. The summed E-state index contributed by atoms with van der Waals surface area (Å²) in [7, 11) is 0. The van der Waals surface area contributed by atoms with Crippen LogP contribution in [0.5, 0.6) is 0 Å². The summed E-state index contributed by atoms with van der Waals surface area (Å²) in [6.07, 6.45) is 4.89. The first-order valence-electron chi connectivity index (χ1n) is 10.6. The van der Waals surface area contributed by atoms with Crippen LogP contribution in [0.1, 0.15) is 29.5 Å². The molecule has 148 valence electrons. The van der Waals surface area contributed by atoms with E-state index in [0.717, 1.165) is 51.0 Å². The SMILES string of the molecule is Cc1ccc2nccc(N3CCCC(C(=O)N4CCc5ccccc5C4)C3)c2c1. The van der Waals surface area contributed by atoms with Gasteiger partial charge in [-0.3, -0.25) is 9.78 Å². The Morgan fingerprint density at radius 2 is 1.93 bits per heavy atom. The third kappa shape index (κ3) is 3.48. The highest BCUT2D eigenvalue weighted by molar-refractivity contribution is 5.92. The number of fused-ring (bicyclic) bond motifs is 2. The van der Waals surface area contributed by atoms with E-state index in [1.54, 1.807) is 0 Å². The summed E-state index contributed by atoms with van der Waals surface area (Å²) in [4.78, 5) is 22.3. The van der Waals surface area contributed by atoms with Crippen molar-refractivity contribution >= 4 is 22.5 Å². The van der Waals surface area contributed by atoms with Crippen molar-refractivity contribution in [1.29, 1.82) is 0 Å². The van der Waals surface area contributed by atoms with Gasteiger partial charge in [0.1, 0.15) is 0 Å². The molecule has 0 N–H and O–H groups in total. The molecule has 0 bridgehead atoms. The first-order valence-corrected chi connectivity index (χ1v) is 10.6. The predicted molar refractivity (Wildman–Crippen MR) is 117 cm³/mol. The largest absolute Gasteiger partial charge is 0.370 e. The Kier molecular flexibility index (Phi) is 4.70. The van der Waals surface area contributed by atoms with Crippen molar-refractivity contribution in [2.45, 2.75) is 32.7 Å². The summed E-state index contributed by atoms with van der Waals surface area (Å²) < 4.78 is 0. The molecule has 4 heteroatoms. The highest BCUT2D eigenvalue weighted by Gasteiger charge is 2.31. The molecule has 2 aromatic carbocycles. The van der Waals surface area contributed by atoms with Crippen molar-refractivity contribution in [1.82, 2.24) is 9.88 Å². The molecule has 2 aliphatic rings. The van der Waals surface area contributed by atoms with Gasteiger partial charge in [0.05, 0.1) is 11.4 Å². The molecule has 29 heavy (non-hydrogen) atoms. The highest BCUT2D eigenvalue weighted by atomic mass is 16.2. The monoisotopic (exact) mass is 385 g/mol. The number of carbonyl (C=O) groups is 1. The predicted octanol–water partition coefficient (Wildman–Crippen LogP) is 4.34. The van der Waals surface area contributed by atoms with Crippen LogP contribution >= 0.6 is 0 Å². The fourth-order valence-corrected chi connectivity index (χ4v) is 4.86. The van der Waals surface area contributed by atoms with Crippen molar-refractivity contribution in [3.63, 3.8) is 0 Å². The van der Waals surface area contributed by atoms with Gasteiger partial charge < -0.3 is 9.80 Å². The van der Waals surface area contributed by atoms with Crippen LogP contribution in [0.25, 0.3) is 10.9 Å². The van der Waals surface area contributed by atoms with E-state index < -0.39 is 0 Å². The number of hydrogen-bond acceptors (Lipinski definition) is 3. The molecule has 0 spiro atoms. The van der Waals surface area contributed by atoms with Crippen LogP contribution in [0, 0.1) is 12.8 Å². The number of aryl methyl sites for hydroxylation is 1. The lowest BCUT2D eigenvalue weighted by Crippen LogP contribution is -2.46. The molecule has 1 saturated heterocycles. The molecule has 4 nitrogen and oxygen atoms in total. The molecule has 1 aromatic heterocycles. The van der Waals surface area contributed by atoms with Gasteiger partial charge in [0.2, 0.25) is 5.91 Å². The lowest BCUT2D eigenvalue weighted by atomic mass is 9.93. The number of benzene rings is 2. The average Bonchev–Trinajstić information content (AvgIpc) is 2.78. The Bertz CT molecular complexity index is 1060. The molecule has 3 heterocycles. The Hall–Kier alpha value is -2.88. The molecule has 0 radical (unpaired) electrons. The second kappa shape index (κ2) is 7.51. The van der Waals surface area contributed by atoms with Gasteiger partial charge in [-0.25, -0.2) is 0 Å². The highest BCUT2D eigenvalue weighted by Crippen LogP contribution is 2.31. The summed E-state index contributed by atoms with van der Waals surface area (Å²) in [5.74, 6) is 0.390. The second-order valence-corrected chi connectivity index (χ2v) is 8.41. The zero-order valence-corrected chi connectivity index (χ0v) is 17.0. The molecule has 1 fully saturated rings. The number of hydrogen-bond donors (Lipinski definition) is 0. The molecule has 1 unspecified atom stereocenters. The minimum Gasteiger partial charge on any atom is -0.370 e. The van der Waals surface area contributed by atoms with E-state index in [1.165, 1.54) is 27.8 Å². The number of amides is 1. The summed E-state index contributed by atoms with van der Waals surface area (Å²) in [5, 5.41) is 1.19. The number of pyridine rings is 1. The van der Waals surface area contributed by atoms with Gasteiger partial charge >= 0.3 is 0 Å². The molecule has 1 amide bonds. The van der Waals surface area contributed by atoms with E-state index >= 15 is 0 Å². The van der Waals surface area contributed by atoms with Crippen LogP contribution in [0.2, 0.25) is 0 Å². The maximum Gasteiger partial charge on any atom is 0.227 e. The van der Waals surface area contributed by atoms with Gasteiger partial charge in [-0.2, -0.15) is 0 Å². The summed E-state index contributed by atoms with van der Waals surface area (Å²) >= 11 is 0. The lowest BCUT2D eigenvalue weighted by molar-refractivity contribution is -0.136. The molecule has 2 aliphatic heterocycles. The standard InChI is InChI=1S/C25H27N3O/c1-18-8-9-23-22(15-18)24(10-12-26-23)27-13-4-7-21(17-27)25(29)28-14-11-19-5-2-3-6-20(19)16-28/h2-3,5-6,8-10,12,15,21H,4,7,11,13-14,16-17H2,1H3. The van der Waals surface area contributed by atoms with Gasteiger partial charge in [-0.05, 0) is 55.5 Å². The van der Waals surface area contributed by atoms with E-state index in [9.17, 15) is 4.79 Å². The van der Waals surface area contributed by atoms with Crippen LogP contribution in [-0.4, -0.2) is 35.4 Å².